The zero-order valence-electron chi connectivity index (χ0n) is 9.39. The first-order valence-corrected chi connectivity index (χ1v) is 4.92. The highest BCUT2D eigenvalue weighted by Crippen LogP contribution is 2.27. The molecule has 4 nitrogen and oxygen atoms in total. The van der Waals surface area contributed by atoms with E-state index in [1.807, 2.05) is 27.7 Å². The number of hydrogen-bond donors (Lipinski definition) is 2. The molecule has 1 fully saturated rings. The fraction of sp³-hybridized carbons (Fsp3) is 0.900. The third-order valence-electron chi connectivity index (χ3n) is 2.52. The third-order valence-corrected chi connectivity index (χ3v) is 2.52. The van der Waals surface area contributed by atoms with E-state index in [0.29, 0.717) is 13.2 Å². The highest BCUT2D eigenvalue weighted by molar-refractivity contribution is 5.84. The highest BCUT2D eigenvalue weighted by atomic mass is 16.5. The molecule has 0 aromatic rings. The van der Waals surface area contributed by atoms with E-state index in [2.05, 4.69) is 5.32 Å². The molecule has 0 aromatic heterocycles. The van der Waals surface area contributed by atoms with Crippen LogP contribution in [0.1, 0.15) is 27.7 Å². The summed E-state index contributed by atoms with van der Waals surface area (Å²) in [6.45, 7) is 8.59. The van der Waals surface area contributed by atoms with Crippen molar-refractivity contribution < 1.29 is 9.53 Å². The Kier molecular flexibility index (Phi) is 2.88. The Bertz CT molecular complexity index is 235. The molecule has 0 saturated carbocycles. The van der Waals surface area contributed by atoms with E-state index in [4.69, 9.17) is 10.5 Å². The normalized spacial score (nSPS) is 33.1. The Morgan fingerprint density at radius 1 is 1.57 bits per heavy atom. The SMILES string of the molecule is CC(C)(C)NC(=O)C1(C)COCC1N. The average molecular weight is 200 g/mol. The van der Waals surface area contributed by atoms with Crippen molar-refractivity contribution in [3.63, 3.8) is 0 Å². The quantitative estimate of drug-likeness (QED) is 0.638. The number of nitrogens with one attached hydrogen (secondary N) is 1. The first-order valence-electron chi connectivity index (χ1n) is 4.92. The summed E-state index contributed by atoms with van der Waals surface area (Å²) in [6.07, 6.45) is 0. The minimum Gasteiger partial charge on any atom is -0.379 e. The van der Waals surface area contributed by atoms with Crippen LogP contribution in [0.5, 0.6) is 0 Å². The molecular weight excluding hydrogens is 180 g/mol. The second kappa shape index (κ2) is 3.51. The lowest BCUT2D eigenvalue weighted by atomic mass is 9.84. The molecule has 3 N–H and O–H groups in total. The summed E-state index contributed by atoms with van der Waals surface area (Å²) in [7, 11) is 0. The van der Waals surface area contributed by atoms with Gasteiger partial charge in [-0.3, -0.25) is 4.79 Å². The van der Waals surface area contributed by atoms with Gasteiger partial charge in [-0.05, 0) is 27.7 Å². The van der Waals surface area contributed by atoms with Gasteiger partial charge in [0.2, 0.25) is 5.91 Å². The van der Waals surface area contributed by atoms with Crippen LogP contribution in [0.2, 0.25) is 0 Å². The second-order valence-electron chi connectivity index (χ2n) is 5.24. The van der Waals surface area contributed by atoms with Gasteiger partial charge in [-0.15, -0.1) is 0 Å². The van der Waals surface area contributed by atoms with Crippen LogP contribution in [0, 0.1) is 5.41 Å². The van der Waals surface area contributed by atoms with Crippen LogP contribution in [0.15, 0.2) is 0 Å². The van der Waals surface area contributed by atoms with Gasteiger partial charge < -0.3 is 15.8 Å². The predicted octanol–water partition coefficient (Wildman–Crippen LogP) is 0.265. The van der Waals surface area contributed by atoms with E-state index < -0.39 is 5.41 Å². The van der Waals surface area contributed by atoms with Crippen LogP contribution in [0.25, 0.3) is 0 Å². The van der Waals surface area contributed by atoms with E-state index in [9.17, 15) is 4.79 Å². The number of hydrogen-bond acceptors (Lipinski definition) is 3. The van der Waals surface area contributed by atoms with E-state index in [0.717, 1.165) is 0 Å². The predicted molar refractivity (Wildman–Crippen MR) is 54.8 cm³/mol. The molecule has 1 aliphatic heterocycles. The number of amides is 1. The standard InChI is InChI=1S/C10H20N2O2/c1-9(2,3)12-8(13)10(4)6-14-5-7(10)11/h7H,5-6,11H2,1-4H3,(H,12,13). The summed E-state index contributed by atoms with van der Waals surface area (Å²) in [4.78, 5) is 11.9. The molecule has 2 unspecified atom stereocenters. The van der Waals surface area contributed by atoms with Crippen molar-refractivity contribution in [3.8, 4) is 0 Å². The Hall–Kier alpha value is -0.610. The van der Waals surface area contributed by atoms with Crippen LogP contribution >= 0.6 is 0 Å². The highest BCUT2D eigenvalue weighted by Gasteiger charge is 2.45. The van der Waals surface area contributed by atoms with Gasteiger partial charge in [0.15, 0.2) is 0 Å². The molecule has 0 radical (unpaired) electrons. The minimum atomic E-state index is -0.576. The van der Waals surface area contributed by atoms with Gasteiger partial charge in [-0.2, -0.15) is 0 Å². The van der Waals surface area contributed by atoms with Crippen molar-refractivity contribution >= 4 is 5.91 Å². The Morgan fingerprint density at radius 3 is 2.50 bits per heavy atom. The molecule has 0 aliphatic carbocycles. The number of carbonyl (C=O) groups excluding carboxylic acids is 1. The Labute approximate surface area is 85.2 Å². The average Bonchev–Trinajstić information content (AvgIpc) is 2.30. The van der Waals surface area contributed by atoms with Crippen molar-refractivity contribution in [3.05, 3.63) is 0 Å². The van der Waals surface area contributed by atoms with Gasteiger partial charge in [0, 0.05) is 11.6 Å². The molecule has 1 heterocycles. The maximum atomic E-state index is 11.9. The smallest absolute Gasteiger partial charge is 0.230 e. The third kappa shape index (κ3) is 2.25. The summed E-state index contributed by atoms with van der Waals surface area (Å²) in [5.74, 6) is -0.0185. The largest absolute Gasteiger partial charge is 0.379 e. The summed E-state index contributed by atoms with van der Waals surface area (Å²) >= 11 is 0. The molecule has 0 spiro atoms. The van der Waals surface area contributed by atoms with E-state index in [-0.39, 0.29) is 17.5 Å². The molecule has 82 valence electrons. The molecule has 0 bridgehead atoms. The summed E-state index contributed by atoms with van der Waals surface area (Å²) in [5.41, 5.74) is 5.05. The molecule has 1 saturated heterocycles. The zero-order valence-corrected chi connectivity index (χ0v) is 9.39. The van der Waals surface area contributed by atoms with Crippen molar-refractivity contribution in [2.45, 2.75) is 39.3 Å². The monoisotopic (exact) mass is 200 g/mol. The van der Waals surface area contributed by atoms with Crippen LogP contribution < -0.4 is 11.1 Å². The maximum absolute atomic E-state index is 11.9. The maximum Gasteiger partial charge on any atom is 0.230 e. The number of carbonyl (C=O) groups is 1. The molecule has 0 aromatic carbocycles. The van der Waals surface area contributed by atoms with Crippen molar-refractivity contribution in [2.24, 2.45) is 11.1 Å². The minimum absolute atomic E-state index is 0.0185. The summed E-state index contributed by atoms with van der Waals surface area (Å²) in [5, 5.41) is 2.93. The zero-order chi connectivity index (χ0) is 11.0. The Balaban J connectivity index is 2.68. The molecular formula is C10H20N2O2. The second-order valence-corrected chi connectivity index (χ2v) is 5.24. The molecule has 1 aliphatic rings. The molecule has 2 atom stereocenters. The molecule has 14 heavy (non-hydrogen) atoms. The van der Waals surface area contributed by atoms with Crippen LogP contribution in [-0.4, -0.2) is 30.7 Å². The van der Waals surface area contributed by atoms with Crippen LogP contribution in [0.4, 0.5) is 0 Å². The van der Waals surface area contributed by atoms with E-state index >= 15 is 0 Å². The van der Waals surface area contributed by atoms with Crippen molar-refractivity contribution in [2.75, 3.05) is 13.2 Å². The van der Waals surface area contributed by atoms with E-state index in [1.165, 1.54) is 0 Å². The van der Waals surface area contributed by atoms with Crippen LogP contribution in [0.3, 0.4) is 0 Å². The lowest BCUT2D eigenvalue weighted by Crippen LogP contribution is -2.54. The van der Waals surface area contributed by atoms with Gasteiger partial charge >= 0.3 is 0 Å². The first-order chi connectivity index (χ1) is 6.26. The van der Waals surface area contributed by atoms with Gasteiger partial charge in [0.25, 0.3) is 0 Å². The van der Waals surface area contributed by atoms with Gasteiger partial charge in [0.05, 0.1) is 18.6 Å². The fourth-order valence-electron chi connectivity index (χ4n) is 1.41. The molecule has 1 amide bonds. The van der Waals surface area contributed by atoms with Crippen molar-refractivity contribution in [1.82, 2.24) is 5.32 Å². The van der Waals surface area contributed by atoms with E-state index in [1.54, 1.807) is 0 Å². The Morgan fingerprint density at radius 2 is 2.14 bits per heavy atom. The van der Waals surface area contributed by atoms with Gasteiger partial charge in [-0.25, -0.2) is 0 Å². The van der Waals surface area contributed by atoms with Gasteiger partial charge in [0.1, 0.15) is 0 Å². The lowest BCUT2D eigenvalue weighted by Gasteiger charge is -2.30. The topological polar surface area (TPSA) is 64.3 Å². The summed E-state index contributed by atoms with van der Waals surface area (Å²) < 4.78 is 5.22. The summed E-state index contributed by atoms with van der Waals surface area (Å²) in [6, 6.07) is -0.204. The first kappa shape index (κ1) is 11.5. The van der Waals surface area contributed by atoms with Crippen LogP contribution in [-0.2, 0) is 9.53 Å². The van der Waals surface area contributed by atoms with Crippen molar-refractivity contribution in [1.29, 1.82) is 0 Å². The number of nitrogens with two attached hydrogens (primary N) is 1. The lowest BCUT2D eigenvalue weighted by molar-refractivity contribution is -0.132. The number of rotatable bonds is 1. The number of ether oxygens (including phenoxy) is 1. The fourth-order valence-corrected chi connectivity index (χ4v) is 1.41. The molecule has 4 heteroatoms. The molecule has 1 rings (SSSR count). The van der Waals surface area contributed by atoms with Gasteiger partial charge in [-0.1, -0.05) is 0 Å².